The first-order valence-corrected chi connectivity index (χ1v) is 8.85. The molecule has 1 saturated carbocycles. The first-order chi connectivity index (χ1) is 9.03. The van der Waals surface area contributed by atoms with Gasteiger partial charge < -0.3 is 10.2 Å². The smallest absolute Gasteiger partial charge is 0.317 e. The van der Waals surface area contributed by atoms with Gasteiger partial charge in [-0.05, 0) is 19.3 Å². The van der Waals surface area contributed by atoms with Crippen molar-refractivity contribution in [1.29, 1.82) is 0 Å². The summed E-state index contributed by atoms with van der Waals surface area (Å²) in [6, 6.07) is 0.460. The molecule has 3 fully saturated rings. The number of nitrogens with one attached hydrogen (secondary N) is 1. The lowest BCUT2D eigenvalue weighted by Gasteiger charge is -2.35. The Balaban J connectivity index is 1.46. The second kappa shape index (κ2) is 4.94. The fraction of sp³-hybridized carbons (Fsp3) is 0.917. The van der Waals surface area contributed by atoms with Crippen molar-refractivity contribution in [3.05, 3.63) is 0 Å². The van der Waals surface area contributed by atoms with Crippen LogP contribution in [-0.2, 0) is 9.84 Å². The highest BCUT2D eigenvalue weighted by Crippen LogP contribution is 2.27. The molecule has 0 aromatic heterocycles. The number of carbonyl (C=O) groups excluding carboxylic acids is 1. The number of nitrogens with zero attached hydrogens (tertiary/aromatic N) is 2. The van der Waals surface area contributed by atoms with Gasteiger partial charge in [-0.3, -0.25) is 4.90 Å². The Bertz CT molecular complexity index is 453. The maximum Gasteiger partial charge on any atom is 0.317 e. The quantitative estimate of drug-likeness (QED) is 0.754. The SMILES string of the molecule is O=C(NC1CCS(=O)(=O)C1)N1CCN(C2CC2)CC1. The molecule has 0 aromatic carbocycles. The van der Waals surface area contributed by atoms with Crippen molar-refractivity contribution >= 4 is 15.9 Å². The summed E-state index contributed by atoms with van der Waals surface area (Å²) in [6.45, 7) is 3.39. The summed E-state index contributed by atoms with van der Waals surface area (Å²) >= 11 is 0. The first kappa shape index (κ1) is 13.2. The van der Waals surface area contributed by atoms with E-state index in [2.05, 4.69) is 10.2 Å². The summed E-state index contributed by atoms with van der Waals surface area (Å²) in [4.78, 5) is 16.3. The normalized spacial score (nSPS) is 31.4. The molecule has 0 bridgehead atoms. The average molecular weight is 287 g/mol. The highest BCUT2D eigenvalue weighted by atomic mass is 32.2. The molecule has 2 heterocycles. The second-order valence-corrected chi connectivity index (χ2v) is 8.03. The van der Waals surface area contributed by atoms with Crippen LogP contribution in [0, 0.1) is 0 Å². The van der Waals surface area contributed by atoms with E-state index in [0.29, 0.717) is 6.42 Å². The third-order valence-electron chi connectivity index (χ3n) is 4.22. The van der Waals surface area contributed by atoms with Gasteiger partial charge in [0, 0.05) is 38.3 Å². The van der Waals surface area contributed by atoms with E-state index in [9.17, 15) is 13.2 Å². The summed E-state index contributed by atoms with van der Waals surface area (Å²) in [5, 5.41) is 2.85. The van der Waals surface area contributed by atoms with Gasteiger partial charge in [-0.2, -0.15) is 0 Å². The van der Waals surface area contributed by atoms with Crippen LogP contribution in [0.5, 0.6) is 0 Å². The van der Waals surface area contributed by atoms with E-state index in [4.69, 9.17) is 0 Å². The minimum absolute atomic E-state index is 0.0980. The van der Waals surface area contributed by atoms with E-state index in [1.165, 1.54) is 12.8 Å². The van der Waals surface area contributed by atoms with Crippen molar-refractivity contribution < 1.29 is 13.2 Å². The van der Waals surface area contributed by atoms with Crippen molar-refractivity contribution in [1.82, 2.24) is 15.1 Å². The number of hydrogen-bond acceptors (Lipinski definition) is 4. The molecule has 1 N–H and O–H groups in total. The first-order valence-electron chi connectivity index (χ1n) is 7.03. The van der Waals surface area contributed by atoms with Crippen LogP contribution < -0.4 is 5.32 Å². The lowest BCUT2D eigenvalue weighted by Crippen LogP contribution is -2.54. The second-order valence-electron chi connectivity index (χ2n) is 5.80. The molecule has 0 radical (unpaired) electrons. The predicted molar refractivity (Wildman–Crippen MR) is 71.8 cm³/mol. The van der Waals surface area contributed by atoms with Crippen LogP contribution in [-0.4, -0.2) is 74.0 Å². The lowest BCUT2D eigenvalue weighted by molar-refractivity contribution is 0.133. The van der Waals surface area contributed by atoms with E-state index in [-0.39, 0.29) is 23.6 Å². The Morgan fingerprint density at radius 3 is 2.26 bits per heavy atom. The van der Waals surface area contributed by atoms with Gasteiger partial charge in [0.1, 0.15) is 0 Å². The number of amides is 2. The molecule has 6 nitrogen and oxygen atoms in total. The van der Waals surface area contributed by atoms with Gasteiger partial charge in [0.05, 0.1) is 11.5 Å². The molecule has 3 rings (SSSR count). The van der Waals surface area contributed by atoms with Crippen LogP contribution in [0.25, 0.3) is 0 Å². The number of urea groups is 1. The average Bonchev–Trinajstić information content (AvgIpc) is 3.15. The maximum atomic E-state index is 12.1. The largest absolute Gasteiger partial charge is 0.334 e. The van der Waals surface area contributed by atoms with Crippen molar-refractivity contribution in [2.75, 3.05) is 37.7 Å². The Morgan fingerprint density at radius 2 is 1.74 bits per heavy atom. The number of piperazine rings is 1. The van der Waals surface area contributed by atoms with Gasteiger partial charge in [0.25, 0.3) is 0 Å². The van der Waals surface area contributed by atoms with Crippen molar-refractivity contribution in [2.45, 2.75) is 31.3 Å². The summed E-state index contributed by atoms with van der Waals surface area (Å²) in [5.74, 6) is 0.300. The number of rotatable bonds is 2. The molecule has 19 heavy (non-hydrogen) atoms. The monoisotopic (exact) mass is 287 g/mol. The van der Waals surface area contributed by atoms with E-state index in [0.717, 1.165) is 32.2 Å². The van der Waals surface area contributed by atoms with Crippen LogP contribution in [0.3, 0.4) is 0 Å². The van der Waals surface area contributed by atoms with Crippen molar-refractivity contribution in [2.24, 2.45) is 0 Å². The van der Waals surface area contributed by atoms with Crippen molar-refractivity contribution in [3.8, 4) is 0 Å². The van der Waals surface area contributed by atoms with Crippen LogP contribution in [0.2, 0.25) is 0 Å². The molecule has 1 aliphatic carbocycles. The molecule has 2 amide bonds. The summed E-state index contributed by atoms with van der Waals surface area (Å²) < 4.78 is 22.7. The Labute approximate surface area is 114 Å². The molecule has 7 heteroatoms. The van der Waals surface area contributed by atoms with Gasteiger partial charge in [0.2, 0.25) is 0 Å². The van der Waals surface area contributed by atoms with Crippen LogP contribution >= 0.6 is 0 Å². The minimum atomic E-state index is -2.93. The van der Waals surface area contributed by atoms with E-state index in [1.54, 1.807) is 0 Å². The highest BCUT2D eigenvalue weighted by molar-refractivity contribution is 7.91. The third kappa shape index (κ3) is 3.20. The zero-order valence-corrected chi connectivity index (χ0v) is 11.9. The standard InChI is InChI=1S/C12H21N3O3S/c16-12(13-10-3-8-19(17,18)9-10)15-6-4-14(5-7-15)11-1-2-11/h10-11H,1-9H2,(H,13,16). The highest BCUT2D eigenvalue weighted by Gasteiger charge is 2.34. The van der Waals surface area contributed by atoms with Gasteiger partial charge in [-0.25, -0.2) is 13.2 Å². The Hall–Kier alpha value is -0.820. The summed E-state index contributed by atoms with van der Waals surface area (Å²) in [6.07, 6.45) is 3.15. The van der Waals surface area contributed by atoms with Gasteiger partial charge in [0.15, 0.2) is 9.84 Å². The molecule has 108 valence electrons. The molecule has 2 saturated heterocycles. The minimum Gasteiger partial charge on any atom is -0.334 e. The Kier molecular flexibility index (Phi) is 3.42. The number of sulfone groups is 1. The van der Waals surface area contributed by atoms with Gasteiger partial charge >= 0.3 is 6.03 Å². The summed E-state index contributed by atoms with van der Waals surface area (Å²) in [5.41, 5.74) is 0. The third-order valence-corrected chi connectivity index (χ3v) is 5.99. The van der Waals surface area contributed by atoms with E-state index >= 15 is 0 Å². The maximum absolute atomic E-state index is 12.1. The lowest BCUT2D eigenvalue weighted by atomic mass is 10.2. The van der Waals surface area contributed by atoms with Crippen LogP contribution in [0.4, 0.5) is 4.79 Å². The number of carbonyl (C=O) groups is 1. The predicted octanol–water partition coefficient (Wildman–Crippen LogP) is -0.337. The zero-order valence-electron chi connectivity index (χ0n) is 11.0. The molecule has 1 unspecified atom stereocenters. The summed E-state index contributed by atoms with van der Waals surface area (Å²) in [7, 11) is -2.93. The fourth-order valence-corrected chi connectivity index (χ4v) is 4.58. The van der Waals surface area contributed by atoms with Crippen LogP contribution in [0.1, 0.15) is 19.3 Å². The molecular weight excluding hydrogens is 266 g/mol. The van der Waals surface area contributed by atoms with E-state index in [1.807, 2.05) is 4.90 Å². The Morgan fingerprint density at radius 1 is 1.05 bits per heavy atom. The molecule has 0 spiro atoms. The molecular formula is C12H21N3O3S. The van der Waals surface area contributed by atoms with Gasteiger partial charge in [-0.15, -0.1) is 0 Å². The zero-order chi connectivity index (χ0) is 13.5. The number of hydrogen-bond donors (Lipinski definition) is 1. The van der Waals surface area contributed by atoms with Gasteiger partial charge in [-0.1, -0.05) is 0 Å². The topological polar surface area (TPSA) is 69.7 Å². The fourth-order valence-electron chi connectivity index (χ4n) is 2.90. The molecule has 1 atom stereocenters. The van der Waals surface area contributed by atoms with E-state index < -0.39 is 9.84 Å². The molecule has 0 aromatic rings. The van der Waals surface area contributed by atoms with Crippen LogP contribution in [0.15, 0.2) is 0 Å². The molecule has 2 aliphatic heterocycles. The van der Waals surface area contributed by atoms with Crippen molar-refractivity contribution in [3.63, 3.8) is 0 Å². The molecule has 3 aliphatic rings.